The summed E-state index contributed by atoms with van der Waals surface area (Å²) < 4.78 is 0. The maximum Gasteiger partial charge on any atom is 0.191 e. The standard InChI is InChI=1S/C18H39N5.HI/c1-16(2)8-9-17(3)21-18(19-4)20-10-6-7-11-23-14-12-22(5)13-15-23;/h16-17H,6-15H2,1-5H3,(H2,19,20,21);1H. The number of aliphatic imine (C=N–C) groups is 1. The maximum absolute atomic E-state index is 4.33. The molecule has 1 unspecified atom stereocenters. The lowest BCUT2D eigenvalue weighted by Gasteiger charge is -2.32. The van der Waals surface area contributed by atoms with E-state index in [2.05, 4.69) is 53.2 Å². The van der Waals surface area contributed by atoms with Gasteiger partial charge in [0.2, 0.25) is 0 Å². The Bertz CT molecular complexity index is 327. The summed E-state index contributed by atoms with van der Waals surface area (Å²) in [6, 6.07) is 0.480. The summed E-state index contributed by atoms with van der Waals surface area (Å²) >= 11 is 0. The molecular weight excluding hydrogens is 413 g/mol. The number of rotatable bonds is 9. The van der Waals surface area contributed by atoms with Gasteiger partial charge < -0.3 is 20.4 Å². The van der Waals surface area contributed by atoms with Gasteiger partial charge in [-0.25, -0.2) is 0 Å². The first-order valence-electron chi connectivity index (χ1n) is 9.39. The van der Waals surface area contributed by atoms with Crippen molar-refractivity contribution in [2.75, 3.05) is 53.4 Å². The Morgan fingerprint density at radius 2 is 1.71 bits per heavy atom. The molecule has 0 aromatic heterocycles. The molecule has 1 heterocycles. The second kappa shape index (κ2) is 14.1. The van der Waals surface area contributed by atoms with E-state index >= 15 is 0 Å². The lowest BCUT2D eigenvalue weighted by molar-refractivity contribution is 0.152. The van der Waals surface area contributed by atoms with Gasteiger partial charge in [0.15, 0.2) is 5.96 Å². The zero-order valence-corrected chi connectivity index (χ0v) is 18.8. The van der Waals surface area contributed by atoms with E-state index in [1.54, 1.807) is 0 Å². The molecule has 1 saturated heterocycles. The summed E-state index contributed by atoms with van der Waals surface area (Å²) in [6.45, 7) is 13.9. The van der Waals surface area contributed by atoms with E-state index in [9.17, 15) is 0 Å². The molecule has 144 valence electrons. The van der Waals surface area contributed by atoms with Crippen LogP contribution in [0.25, 0.3) is 0 Å². The third-order valence-corrected chi connectivity index (χ3v) is 4.57. The summed E-state index contributed by atoms with van der Waals surface area (Å²) in [5.74, 6) is 1.71. The molecule has 0 aliphatic carbocycles. The average Bonchev–Trinajstić information content (AvgIpc) is 2.53. The highest BCUT2D eigenvalue weighted by atomic mass is 127. The van der Waals surface area contributed by atoms with Crippen LogP contribution in [0.4, 0.5) is 0 Å². The molecule has 6 heteroatoms. The zero-order valence-electron chi connectivity index (χ0n) is 16.5. The number of piperazine rings is 1. The van der Waals surface area contributed by atoms with Crippen molar-refractivity contribution >= 4 is 29.9 Å². The molecule has 0 amide bonds. The molecule has 0 spiro atoms. The molecule has 24 heavy (non-hydrogen) atoms. The molecule has 0 radical (unpaired) electrons. The van der Waals surface area contributed by atoms with E-state index in [-0.39, 0.29) is 24.0 Å². The Morgan fingerprint density at radius 1 is 1.04 bits per heavy atom. The number of hydrogen-bond donors (Lipinski definition) is 2. The second-order valence-corrected chi connectivity index (χ2v) is 7.37. The molecule has 0 aromatic rings. The summed E-state index contributed by atoms with van der Waals surface area (Å²) in [7, 11) is 4.07. The Hall–Kier alpha value is -0.0800. The van der Waals surface area contributed by atoms with Crippen molar-refractivity contribution in [2.24, 2.45) is 10.9 Å². The maximum atomic E-state index is 4.33. The average molecular weight is 453 g/mol. The SMILES string of the molecule is CN=C(NCCCCN1CCN(C)CC1)NC(C)CCC(C)C.I. The van der Waals surface area contributed by atoms with Crippen molar-refractivity contribution < 1.29 is 0 Å². The van der Waals surface area contributed by atoms with E-state index in [0.717, 1.165) is 18.4 Å². The van der Waals surface area contributed by atoms with E-state index < -0.39 is 0 Å². The highest BCUT2D eigenvalue weighted by molar-refractivity contribution is 14.0. The monoisotopic (exact) mass is 453 g/mol. The third kappa shape index (κ3) is 11.5. The molecule has 0 saturated carbocycles. The number of likely N-dealkylation sites (N-methyl/N-ethyl adjacent to an activating group) is 1. The van der Waals surface area contributed by atoms with Gasteiger partial charge in [-0.2, -0.15) is 0 Å². The smallest absolute Gasteiger partial charge is 0.191 e. The van der Waals surface area contributed by atoms with Gasteiger partial charge in [-0.15, -0.1) is 24.0 Å². The van der Waals surface area contributed by atoms with Gasteiger partial charge in [-0.3, -0.25) is 4.99 Å². The van der Waals surface area contributed by atoms with Gasteiger partial charge >= 0.3 is 0 Å². The van der Waals surface area contributed by atoms with Crippen LogP contribution in [-0.2, 0) is 0 Å². The van der Waals surface area contributed by atoms with E-state index in [4.69, 9.17) is 0 Å². The van der Waals surface area contributed by atoms with E-state index in [1.165, 1.54) is 58.4 Å². The Kier molecular flexibility index (Phi) is 14.1. The highest BCUT2D eigenvalue weighted by Crippen LogP contribution is 2.06. The first-order chi connectivity index (χ1) is 11.0. The first-order valence-corrected chi connectivity index (χ1v) is 9.39. The van der Waals surface area contributed by atoms with Crippen molar-refractivity contribution in [1.82, 2.24) is 20.4 Å². The molecule has 0 aromatic carbocycles. The van der Waals surface area contributed by atoms with Crippen molar-refractivity contribution in [3.8, 4) is 0 Å². The van der Waals surface area contributed by atoms with Crippen molar-refractivity contribution in [3.63, 3.8) is 0 Å². The Morgan fingerprint density at radius 3 is 2.29 bits per heavy atom. The molecule has 0 bridgehead atoms. The van der Waals surface area contributed by atoms with E-state index in [1.807, 2.05) is 7.05 Å². The molecule has 1 aliphatic heterocycles. The van der Waals surface area contributed by atoms with Crippen LogP contribution in [0.15, 0.2) is 4.99 Å². The van der Waals surface area contributed by atoms with Crippen molar-refractivity contribution in [3.05, 3.63) is 0 Å². The van der Waals surface area contributed by atoms with Crippen molar-refractivity contribution in [2.45, 2.75) is 52.5 Å². The lowest BCUT2D eigenvalue weighted by atomic mass is 10.0. The van der Waals surface area contributed by atoms with Crippen LogP contribution < -0.4 is 10.6 Å². The summed E-state index contributed by atoms with van der Waals surface area (Å²) in [5.41, 5.74) is 0. The summed E-state index contributed by atoms with van der Waals surface area (Å²) in [6.07, 6.45) is 4.92. The van der Waals surface area contributed by atoms with Crippen LogP contribution in [0, 0.1) is 5.92 Å². The van der Waals surface area contributed by atoms with Gasteiger partial charge in [0, 0.05) is 45.8 Å². The van der Waals surface area contributed by atoms with Crippen LogP contribution >= 0.6 is 24.0 Å². The van der Waals surface area contributed by atoms with Crippen LogP contribution in [-0.4, -0.2) is 75.2 Å². The minimum atomic E-state index is 0. The number of guanidine groups is 1. The predicted octanol–water partition coefficient (Wildman–Crippen LogP) is 2.62. The molecule has 1 atom stereocenters. The van der Waals surface area contributed by atoms with E-state index in [0.29, 0.717) is 6.04 Å². The number of halogens is 1. The fourth-order valence-electron chi connectivity index (χ4n) is 2.82. The molecule has 1 rings (SSSR count). The molecular formula is C18H40IN5. The molecule has 5 nitrogen and oxygen atoms in total. The fraction of sp³-hybridized carbons (Fsp3) is 0.944. The van der Waals surface area contributed by atoms with Crippen LogP contribution in [0.5, 0.6) is 0 Å². The topological polar surface area (TPSA) is 42.9 Å². The van der Waals surface area contributed by atoms with Gasteiger partial charge in [-0.05, 0) is 52.1 Å². The largest absolute Gasteiger partial charge is 0.356 e. The first kappa shape index (κ1) is 23.9. The fourth-order valence-corrected chi connectivity index (χ4v) is 2.82. The zero-order chi connectivity index (χ0) is 17.1. The Labute approximate surface area is 167 Å². The summed E-state index contributed by atoms with van der Waals surface area (Å²) in [5, 5.41) is 6.93. The van der Waals surface area contributed by atoms with Gasteiger partial charge in [0.25, 0.3) is 0 Å². The molecule has 1 fully saturated rings. The quantitative estimate of drug-likeness (QED) is 0.244. The lowest BCUT2D eigenvalue weighted by Crippen LogP contribution is -2.45. The molecule has 2 N–H and O–H groups in total. The minimum absolute atomic E-state index is 0. The number of nitrogens with one attached hydrogen (secondary N) is 2. The number of hydrogen-bond acceptors (Lipinski definition) is 3. The van der Waals surface area contributed by atoms with Crippen LogP contribution in [0.1, 0.15) is 46.5 Å². The number of unbranched alkanes of at least 4 members (excludes halogenated alkanes) is 1. The van der Waals surface area contributed by atoms with Gasteiger partial charge in [0.05, 0.1) is 0 Å². The number of nitrogens with zero attached hydrogens (tertiary/aromatic N) is 3. The minimum Gasteiger partial charge on any atom is -0.356 e. The molecule has 1 aliphatic rings. The highest BCUT2D eigenvalue weighted by Gasteiger charge is 2.12. The second-order valence-electron chi connectivity index (χ2n) is 7.37. The predicted molar refractivity (Wildman–Crippen MR) is 117 cm³/mol. The van der Waals surface area contributed by atoms with Crippen molar-refractivity contribution in [1.29, 1.82) is 0 Å². The Balaban J connectivity index is 0.00000529. The van der Waals surface area contributed by atoms with Crippen LogP contribution in [0.2, 0.25) is 0 Å². The summed E-state index contributed by atoms with van der Waals surface area (Å²) in [4.78, 5) is 9.32. The van der Waals surface area contributed by atoms with Crippen LogP contribution in [0.3, 0.4) is 0 Å². The normalized spacial score (nSPS) is 18.3. The van der Waals surface area contributed by atoms with Gasteiger partial charge in [0.1, 0.15) is 0 Å². The third-order valence-electron chi connectivity index (χ3n) is 4.57. The van der Waals surface area contributed by atoms with Gasteiger partial charge in [-0.1, -0.05) is 13.8 Å².